The van der Waals surface area contributed by atoms with Gasteiger partial charge in [-0.15, -0.1) is 0 Å². The number of benzene rings is 2. The molecule has 0 spiro atoms. The molecule has 0 aliphatic carbocycles. The Morgan fingerprint density at radius 3 is 2.62 bits per heavy atom. The Labute approximate surface area is 150 Å². The van der Waals surface area contributed by atoms with Crippen molar-refractivity contribution in [3.05, 3.63) is 65.0 Å². The van der Waals surface area contributed by atoms with Crippen LogP contribution in [0.1, 0.15) is 27.5 Å². The summed E-state index contributed by atoms with van der Waals surface area (Å²) in [6.07, 6.45) is 0. The van der Waals surface area contributed by atoms with Crippen molar-refractivity contribution < 1.29 is 28.6 Å². The van der Waals surface area contributed by atoms with Crippen molar-refractivity contribution in [3.63, 3.8) is 0 Å². The highest BCUT2D eigenvalue weighted by Gasteiger charge is 2.23. The second-order valence-electron chi connectivity index (χ2n) is 5.62. The van der Waals surface area contributed by atoms with Crippen molar-refractivity contribution >= 4 is 11.9 Å². The van der Waals surface area contributed by atoms with E-state index in [-0.39, 0.29) is 11.1 Å². The lowest BCUT2D eigenvalue weighted by Gasteiger charge is -2.16. The molecular weight excluding hydrogens is 341 g/mol. The van der Waals surface area contributed by atoms with E-state index < -0.39 is 23.7 Å². The van der Waals surface area contributed by atoms with Crippen LogP contribution in [-0.4, -0.2) is 37.3 Å². The Hall–Kier alpha value is -2.93. The fourth-order valence-corrected chi connectivity index (χ4v) is 2.32. The molecule has 2 aromatic rings. The molecular formula is C19H20FNO5. The van der Waals surface area contributed by atoms with Crippen LogP contribution < -0.4 is 10.1 Å². The van der Waals surface area contributed by atoms with Crippen LogP contribution >= 0.6 is 0 Å². The molecule has 1 unspecified atom stereocenters. The largest absolute Gasteiger partial charge is 0.491 e. The maximum absolute atomic E-state index is 13.4. The fourth-order valence-electron chi connectivity index (χ4n) is 2.32. The van der Waals surface area contributed by atoms with Crippen LogP contribution in [0.25, 0.3) is 0 Å². The summed E-state index contributed by atoms with van der Waals surface area (Å²) in [5, 5.41) is 11.9. The number of ether oxygens (including phenoxy) is 2. The van der Waals surface area contributed by atoms with Gasteiger partial charge in [-0.05, 0) is 42.3 Å². The summed E-state index contributed by atoms with van der Waals surface area (Å²) >= 11 is 0. The molecule has 138 valence electrons. The number of carbonyl (C=O) groups is 2. The number of methoxy groups -OCH3 is 1. The third kappa shape index (κ3) is 5.03. The summed E-state index contributed by atoms with van der Waals surface area (Å²) in [5.74, 6) is -1.78. The lowest BCUT2D eigenvalue weighted by molar-refractivity contribution is -0.139. The van der Waals surface area contributed by atoms with E-state index in [9.17, 15) is 19.1 Å². The third-order valence-corrected chi connectivity index (χ3v) is 3.69. The van der Waals surface area contributed by atoms with Crippen molar-refractivity contribution in [1.29, 1.82) is 0 Å². The first-order valence-electron chi connectivity index (χ1n) is 7.94. The van der Waals surface area contributed by atoms with Gasteiger partial charge in [-0.1, -0.05) is 18.2 Å². The Morgan fingerprint density at radius 2 is 1.96 bits per heavy atom. The van der Waals surface area contributed by atoms with E-state index >= 15 is 0 Å². The molecule has 2 N–H and O–H groups in total. The fraction of sp³-hybridized carbons (Fsp3) is 0.263. The van der Waals surface area contributed by atoms with Gasteiger partial charge in [0.1, 0.15) is 18.2 Å². The number of nitrogens with one attached hydrogen (secondary N) is 1. The molecule has 0 heterocycles. The van der Waals surface area contributed by atoms with E-state index in [1.54, 1.807) is 25.3 Å². The van der Waals surface area contributed by atoms with Crippen molar-refractivity contribution in [2.75, 3.05) is 20.3 Å². The lowest BCUT2D eigenvalue weighted by atomic mass is 10.0. The number of aliphatic carboxylic acids is 1. The van der Waals surface area contributed by atoms with Gasteiger partial charge < -0.3 is 19.9 Å². The number of rotatable bonds is 8. The zero-order valence-corrected chi connectivity index (χ0v) is 14.5. The van der Waals surface area contributed by atoms with Gasteiger partial charge in [0.25, 0.3) is 5.91 Å². The normalized spacial score (nSPS) is 11.7. The first-order chi connectivity index (χ1) is 12.4. The van der Waals surface area contributed by atoms with Gasteiger partial charge in [0.15, 0.2) is 6.04 Å². The van der Waals surface area contributed by atoms with E-state index in [1.165, 1.54) is 31.2 Å². The van der Waals surface area contributed by atoms with Crippen LogP contribution in [0.3, 0.4) is 0 Å². The molecule has 0 aromatic heterocycles. The van der Waals surface area contributed by atoms with Gasteiger partial charge in [-0.3, -0.25) is 4.79 Å². The highest BCUT2D eigenvalue weighted by molar-refractivity contribution is 5.97. The summed E-state index contributed by atoms with van der Waals surface area (Å²) in [6, 6.07) is 9.01. The molecule has 26 heavy (non-hydrogen) atoms. The summed E-state index contributed by atoms with van der Waals surface area (Å²) < 4.78 is 23.7. The van der Waals surface area contributed by atoms with Gasteiger partial charge in [-0.2, -0.15) is 0 Å². The number of aryl methyl sites for hydroxylation is 1. The van der Waals surface area contributed by atoms with E-state index in [0.29, 0.717) is 24.5 Å². The van der Waals surface area contributed by atoms with Gasteiger partial charge in [0, 0.05) is 12.7 Å². The lowest BCUT2D eigenvalue weighted by Crippen LogP contribution is -2.33. The average Bonchev–Trinajstić information content (AvgIpc) is 2.62. The SMILES string of the molecule is COCCOc1cccc(C(=O)NC(C(=O)O)c2ccc(F)c(C)c2)c1. The Morgan fingerprint density at radius 1 is 1.19 bits per heavy atom. The summed E-state index contributed by atoms with van der Waals surface area (Å²) in [6.45, 7) is 2.26. The predicted molar refractivity (Wildman–Crippen MR) is 92.8 cm³/mol. The highest BCUT2D eigenvalue weighted by atomic mass is 19.1. The smallest absolute Gasteiger partial charge is 0.330 e. The molecule has 0 fully saturated rings. The molecule has 0 saturated heterocycles. The minimum absolute atomic E-state index is 0.255. The number of carboxylic acids is 1. The standard InChI is InChI=1S/C19H20FNO5/c1-12-10-13(6-7-16(12)20)17(19(23)24)21-18(22)14-4-3-5-15(11-14)26-9-8-25-2/h3-7,10-11,17H,8-9H2,1-2H3,(H,21,22)(H,23,24). The third-order valence-electron chi connectivity index (χ3n) is 3.69. The van der Waals surface area contributed by atoms with Crippen molar-refractivity contribution in [3.8, 4) is 5.75 Å². The first-order valence-corrected chi connectivity index (χ1v) is 7.94. The van der Waals surface area contributed by atoms with Crippen LogP contribution in [0.2, 0.25) is 0 Å². The van der Waals surface area contributed by atoms with Crippen LogP contribution in [0.4, 0.5) is 4.39 Å². The van der Waals surface area contributed by atoms with E-state index in [0.717, 1.165) is 0 Å². The quantitative estimate of drug-likeness (QED) is 0.706. The number of carbonyl (C=O) groups excluding carboxylic acids is 1. The number of amides is 1. The van der Waals surface area contributed by atoms with Crippen LogP contribution in [0.5, 0.6) is 5.75 Å². The van der Waals surface area contributed by atoms with E-state index in [2.05, 4.69) is 5.32 Å². The molecule has 1 atom stereocenters. The average molecular weight is 361 g/mol. The molecule has 0 aliphatic rings. The summed E-state index contributed by atoms with van der Waals surface area (Å²) in [7, 11) is 1.55. The molecule has 1 amide bonds. The van der Waals surface area contributed by atoms with Crippen molar-refractivity contribution in [1.82, 2.24) is 5.32 Å². The van der Waals surface area contributed by atoms with E-state index in [1.807, 2.05) is 0 Å². The van der Waals surface area contributed by atoms with E-state index in [4.69, 9.17) is 9.47 Å². The second kappa shape index (κ2) is 8.96. The molecule has 7 heteroatoms. The Balaban J connectivity index is 2.16. The molecule has 0 aliphatic heterocycles. The van der Waals surface area contributed by atoms with Gasteiger partial charge in [0.05, 0.1) is 6.61 Å². The first kappa shape index (κ1) is 19.4. The van der Waals surface area contributed by atoms with Crippen LogP contribution in [-0.2, 0) is 9.53 Å². The van der Waals surface area contributed by atoms with Gasteiger partial charge in [0.2, 0.25) is 0 Å². The minimum atomic E-state index is -1.29. The number of carboxylic acid groups (broad SMARTS) is 1. The minimum Gasteiger partial charge on any atom is -0.491 e. The van der Waals surface area contributed by atoms with Crippen molar-refractivity contribution in [2.24, 2.45) is 0 Å². The number of halogens is 1. The molecule has 2 rings (SSSR count). The molecule has 2 aromatic carbocycles. The monoisotopic (exact) mass is 361 g/mol. The van der Waals surface area contributed by atoms with Gasteiger partial charge >= 0.3 is 5.97 Å². The zero-order valence-electron chi connectivity index (χ0n) is 14.5. The Bertz CT molecular complexity index is 793. The Kier molecular flexibility index (Phi) is 6.68. The summed E-state index contributed by atoms with van der Waals surface area (Å²) in [4.78, 5) is 24.0. The molecule has 6 nitrogen and oxygen atoms in total. The van der Waals surface area contributed by atoms with Crippen LogP contribution in [0, 0.1) is 12.7 Å². The highest BCUT2D eigenvalue weighted by Crippen LogP contribution is 2.19. The molecule has 0 saturated carbocycles. The van der Waals surface area contributed by atoms with Gasteiger partial charge in [-0.25, -0.2) is 9.18 Å². The maximum Gasteiger partial charge on any atom is 0.330 e. The molecule has 0 bridgehead atoms. The predicted octanol–water partition coefficient (Wildman–Crippen LogP) is 2.72. The topological polar surface area (TPSA) is 84.9 Å². The number of hydrogen-bond donors (Lipinski definition) is 2. The second-order valence-corrected chi connectivity index (χ2v) is 5.62. The maximum atomic E-state index is 13.4. The van der Waals surface area contributed by atoms with Crippen molar-refractivity contribution in [2.45, 2.75) is 13.0 Å². The molecule has 0 radical (unpaired) electrons. The number of hydrogen-bond acceptors (Lipinski definition) is 4. The van der Waals surface area contributed by atoms with Crippen LogP contribution in [0.15, 0.2) is 42.5 Å². The zero-order chi connectivity index (χ0) is 19.1. The summed E-state index contributed by atoms with van der Waals surface area (Å²) in [5.41, 5.74) is 0.846.